The maximum atomic E-state index is 11.8. The lowest BCUT2D eigenvalue weighted by atomic mass is 10.1. The molecule has 0 aliphatic rings. The molecular formula is C16H13N3O2. The van der Waals surface area contributed by atoms with E-state index >= 15 is 0 Å². The molecule has 0 aliphatic heterocycles. The number of hydrogen-bond acceptors (Lipinski definition) is 4. The lowest BCUT2D eigenvalue weighted by molar-refractivity contribution is 0.0996. The molecule has 2 aromatic heterocycles. The maximum Gasteiger partial charge on any atom is 0.291 e. The first-order valence-corrected chi connectivity index (χ1v) is 6.46. The van der Waals surface area contributed by atoms with E-state index in [1.54, 1.807) is 24.5 Å². The summed E-state index contributed by atoms with van der Waals surface area (Å²) < 4.78 is 5.02. The van der Waals surface area contributed by atoms with Crippen LogP contribution >= 0.6 is 0 Å². The largest absolute Gasteiger partial charge is 0.459 e. The predicted octanol–water partition coefficient (Wildman–Crippen LogP) is 3.30. The molecule has 0 saturated carbocycles. The second kappa shape index (κ2) is 5.58. The van der Waals surface area contributed by atoms with Crippen molar-refractivity contribution in [3.8, 4) is 11.4 Å². The van der Waals surface area contributed by atoms with Crippen molar-refractivity contribution >= 4 is 11.6 Å². The van der Waals surface area contributed by atoms with E-state index in [9.17, 15) is 4.79 Å². The molecule has 0 fully saturated rings. The Morgan fingerprint density at radius 1 is 1.10 bits per heavy atom. The normalized spacial score (nSPS) is 10.3. The minimum Gasteiger partial charge on any atom is -0.459 e. The third kappa shape index (κ3) is 2.97. The van der Waals surface area contributed by atoms with E-state index in [2.05, 4.69) is 15.3 Å². The van der Waals surface area contributed by atoms with Gasteiger partial charge in [-0.1, -0.05) is 29.8 Å². The molecule has 3 aromatic rings. The summed E-state index contributed by atoms with van der Waals surface area (Å²) in [6.45, 7) is 2.03. The van der Waals surface area contributed by atoms with Gasteiger partial charge in [0.2, 0.25) is 0 Å². The third-order valence-electron chi connectivity index (χ3n) is 2.96. The Balaban J connectivity index is 1.75. The topological polar surface area (TPSA) is 68.0 Å². The zero-order valence-corrected chi connectivity index (χ0v) is 11.4. The summed E-state index contributed by atoms with van der Waals surface area (Å²) in [7, 11) is 0. The summed E-state index contributed by atoms with van der Waals surface area (Å²) in [5.74, 6) is 0.537. The molecule has 0 unspecified atom stereocenters. The smallest absolute Gasteiger partial charge is 0.291 e. The fourth-order valence-corrected chi connectivity index (χ4v) is 1.84. The van der Waals surface area contributed by atoms with Gasteiger partial charge in [0.25, 0.3) is 5.91 Å². The summed E-state index contributed by atoms with van der Waals surface area (Å²) in [5, 5.41) is 2.67. The van der Waals surface area contributed by atoms with Crippen LogP contribution in [-0.2, 0) is 0 Å². The maximum absolute atomic E-state index is 11.8. The van der Waals surface area contributed by atoms with E-state index < -0.39 is 0 Å². The van der Waals surface area contributed by atoms with E-state index in [1.807, 2.05) is 31.2 Å². The molecular weight excluding hydrogens is 266 g/mol. The minimum atomic E-state index is -0.327. The Morgan fingerprint density at radius 3 is 2.43 bits per heavy atom. The van der Waals surface area contributed by atoms with Gasteiger partial charge in [-0.25, -0.2) is 9.97 Å². The highest BCUT2D eigenvalue weighted by atomic mass is 16.3. The Kier molecular flexibility index (Phi) is 3.47. The van der Waals surface area contributed by atoms with Crippen molar-refractivity contribution in [2.45, 2.75) is 6.92 Å². The van der Waals surface area contributed by atoms with Crippen LogP contribution in [-0.4, -0.2) is 15.9 Å². The second-order valence-corrected chi connectivity index (χ2v) is 4.59. The van der Waals surface area contributed by atoms with Crippen LogP contribution in [0.3, 0.4) is 0 Å². The molecule has 1 N–H and O–H groups in total. The molecule has 0 spiro atoms. The number of nitrogens with zero attached hydrogens (tertiary/aromatic N) is 2. The number of anilines is 1. The highest BCUT2D eigenvalue weighted by Gasteiger charge is 2.09. The number of aromatic nitrogens is 2. The number of nitrogens with one attached hydrogen (secondary N) is 1. The van der Waals surface area contributed by atoms with Crippen molar-refractivity contribution in [3.05, 3.63) is 66.4 Å². The van der Waals surface area contributed by atoms with Crippen LogP contribution in [0.5, 0.6) is 0 Å². The summed E-state index contributed by atoms with van der Waals surface area (Å²) >= 11 is 0. The number of rotatable bonds is 3. The van der Waals surface area contributed by atoms with Gasteiger partial charge in [-0.3, -0.25) is 4.79 Å². The molecule has 0 radical (unpaired) electrons. The van der Waals surface area contributed by atoms with Gasteiger partial charge in [0, 0.05) is 5.56 Å². The average molecular weight is 279 g/mol. The molecule has 1 aromatic carbocycles. The van der Waals surface area contributed by atoms with E-state index in [-0.39, 0.29) is 11.7 Å². The van der Waals surface area contributed by atoms with Crippen molar-refractivity contribution in [1.29, 1.82) is 0 Å². The summed E-state index contributed by atoms with van der Waals surface area (Å²) in [6.07, 6.45) is 4.60. The molecule has 0 atom stereocenters. The van der Waals surface area contributed by atoms with Crippen molar-refractivity contribution in [3.63, 3.8) is 0 Å². The SMILES string of the molecule is Cc1ccc(-c2ncc(NC(=O)c3ccco3)cn2)cc1. The number of furan rings is 1. The fraction of sp³-hybridized carbons (Fsp3) is 0.0625. The Morgan fingerprint density at radius 2 is 1.81 bits per heavy atom. The quantitative estimate of drug-likeness (QED) is 0.798. The number of hydrogen-bond donors (Lipinski definition) is 1. The zero-order valence-electron chi connectivity index (χ0n) is 11.4. The second-order valence-electron chi connectivity index (χ2n) is 4.59. The fourth-order valence-electron chi connectivity index (χ4n) is 1.84. The lowest BCUT2D eigenvalue weighted by Gasteiger charge is -2.04. The summed E-state index contributed by atoms with van der Waals surface area (Å²) in [6, 6.07) is 11.2. The van der Waals surface area contributed by atoms with Crippen LogP contribution in [0.4, 0.5) is 5.69 Å². The van der Waals surface area contributed by atoms with Crippen molar-refractivity contribution in [2.24, 2.45) is 0 Å². The van der Waals surface area contributed by atoms with Crippen LogP contribution < -0.4 is 5.32 Å². The standard InChI is InChI=1S/C16H13N3O2/c1-11-4-6-12(7-5-11)15-17-9-13(10-18-15)19-16(20)14-3-2-8-21-14/h2-10H,1H3,(H,19,20). The van der Waals surface area contributed by atoms with Crippen LogP contribution in [0, 0.1) is 6.92 Å². The van der Waals surface area contributed by atoms with Crippen molar-refractivity contribution in [2.75, 3.05) is 5.32 Å². The molecule has 0 bridgehead atoms. The highest BCUT2D eigenvalue weighted by Crippen LogP contribution is 2.16. The van der Waals surface area contributed by atoms with E-state index in [1.165, 1.54) is 11.8 Å². The monoisotopic (exact) mass is 279 g/mol. The molecule has 2 heterocycles. The number of carbonyl (C=O) groups is 1. The summed E-state index contributed by atoms with van der Waals surface area (Å²) in [5.41, 5.74) is 2.64. The molecule has 0 aliphatic carbocycles. The first-order chi connectivity index (χ1) is 10.2. The van der Waals surface area contributed by atoms with Gasteiger partial charge in [0.15, 0.2) is 11.6 Å². The number of carbonyl (C=O) groups excluding carboxylic acids is 1. The van der Waals surface area contributed by atoms with Gasteiger partial charge < -0.3 is 9.73 Å². The zero-order chi connectivity index (χ0) is 14.7. The van der Waals surface area contributed by atoms with E-state index in [0.717, 1.165) is 5.56 Å². The van der Waals surface area contributed by atoms with Crippen LogP contribution in [0.25, 0.3) is 11.4 Å². The predicted molar refractivity (Wildman–Crippen MR) is 78.9 cm³/mol. The number of amides is 1. The van der Waals surface area contributed by atoms with Gasteiger partial charge >= 0.3 is 0 Å². The van der Waals surface area contributed by atoms with Crippen LogP contribution in [0.15, 0.2) is 59.5 Å². The Labute approximate surface area is 121 Å². The molecule has 3 rings (SSSR count). The van der Waals surface area contributed by atoms with Crippen molar-refractivity contribution in [1.82, 2.24) is 9.97 Å². The van der Waals surface area contributed by atoms with Gasteiger partial charge in [-0.05, 0) is 19.1 Å². The molecule has 5 nitrogen and oxygen atoms in total. The van der Waals surface area contributed by atoms with Crippen molar-refractivity contribution < 1.29 is 9.21 Å². The first kappa shape index (κ1) is 13.1. The Hall–Kier alpha value is -2.95. The van der Waals surface area contributed by atoms with Gasteiger partial charge in [0.05, 0.1) is 24.3 Å². The molecule has 1 amide bonds. The van der Waals surface area contributed by atoms with Crippen LogP contribution in [0.2, 0.25) is 0 Å². The molecule has 21 heavy (non-hydrogen) atoms. The van der Waals surface area contributed by atoms with Crippen LogP contribution in [0.1, 0.15) is 16.1 Å². The summed E-state index contributed by atoms with van der Waals surface area (Å²) in [4.78, 5) is 20.3. The lowest BCUT2D eigenvalue weighted by Crippen LogP contribution is -2.11. The van der Waals surface area contributed by atoms with Gasteiger partial charge in [-0.2, -0.15) is 0 Å². The minimum absolute atomic E-state index is 0.248. The van der Waals surface area contributed by atoms with E-state index in [0.29, 0.717) is 11.5 Å². The number of aryl methyl sites for hydroxylation is 1. The third-order valence-corrected chi connectivity index (χ3v) is 2.96. The first-order valence-electron chi connectivity index (χ1n) is 6.46. The van der Waals surface area contributed by atoms with Gasteiger partial charge in [0.1, 0.15) is 0 Å². The molecule has 0 saturated heterocycles. The Bertz CT molecular complexity index is 732. The molecule has 104 valence electrons. The highest BCUT2D eigenvalue weighted by molar-refractivity contribution is 6.02. The molecule has 5 heteroatoms. The average Bonchev–Trinajstić information content (AvgIpc) is 3.03. The van der Waals surface area contributed by atoms with Gasteiger partial charge in [-0.15, -0.1) is 0 Å². The van der Waals surface area contributed by atoms with E-state index in [4.69, 9.17) is 4.42 Å². The number of benzene rings is 1.